The molecule has 0 saturated heterocycles. The Morgan fingerprint density at radius 3 is 2.38 bits per heavy atom. The lowest BCUT2D eigenvalue weighted by atomic mass is 9.88. The Morgan fingerprint density at radius 2 is 1.52 bits per heavy atom. The molecule has 0 spiro atoms. The molecule has 0 bridgehead atoms. The summed E-state index contributed by atoms with van der Waals surface area (Å²) in [6.07, 6.45) is 3.46. The van der Waals surface area contributed by atoms with Gasteiger partial charge >= 0.3 is 0 Å². The summed E-state index contributed by atoms with van der Waals surface area (Å²) in [5, 5.41) is 12.1. The molecule has 4 rings (SSSR count). The standard InChI is InChI=1S/C19H12O2/c20-17-7-2-1-4-14(17)13-10-8-12-9-11-18(21)16-6-3-5-15(13)19(12)16/h1-11,20H. The molecular formula is C19H12O2. The van der Waals surface area contributed by atoms with Crippen molar-refractivity contribution in [3.63, 3.8) is 0 Å². The molecule has 0 aliphatic heterocycles. The van der Waals surface area contributed by atoms with Gasteiger partial charge in [-0.05, 0) is 28.7 Å². The number of hydrogen-bond donors (Lipinski definition) is 1. The van der Waals surface area contributed by atoms with Crippen LogP contribution in [0.4, 0.5) is 0 Å². The Kier molecular flexibility index (Phi) is 2.45. The highest BCUT2D eigenvalue weighted by Crippen LogP contribution is 2.38. The molecule has 0 amide bonds. The number of hydrogen-bond acceptors (Lipinski definition) is 2. The molecule has 0 radical (unpaired) electrons. The fraction of sp³-hybridized carbons (Fsp3) is 0. The molecule has 0 heterocycles. The number of para-hydroxylation sites is 1. The van der Waals surface area contributed by atoms with Crippen LogP contribution in [0.1, 0.15) is 15.9 Å². The van der Waals surface area contributed by atoms with Crippen molar-refractivity contribution in [3.05, 3.63) is 71.8 Å². The normalized spacial score (nSPS) is 12.9. The number of carbonyl (C=O) groups is 1. The number of carbonyl (C=O) groups excluding carboxylic acids is 1. The van der Waals surface area contributed by atoms with E-state index in [0.717, 1.165) is 33.0 Å². The van der Waals surface area contributed by atoms with Crippen LogP contribution >= 0.6 is 0 Å². The van der Waals surface area contributed by atoms with Crippen molar-refractivity contribution in [2.75, 3.05) is 0 Å². The molecule has 0 fully saturated rings. The monoisotopic (exact) mass is 272 g/mol. The van der Waals surface area contributed by atoms with E-state index in [1.807, 2.05) is 48.5 Å². The average molecular weight is 272 g/mol. The summed E-state index contributed by atoms with van der Waals surface area (Å²) in [4.78, 5) is 12.1. The fourth-order valence-corrected chi connectivity index (χ4v) is 2.97. The highest BCUT2D eigenvalue weighted by molar-refractivity contribution is 6.21. The van der Waals surface area contributed by atoms with Gasteiger partial charge in [0, 0.05) is 16.5 Å². The molecule has 100 valence electrons. The third kappa shape index (κ3) is 1.69. The van der Waals surface area contributed by atoms with Crippen LogP contribution in [0.25, 0.3) is 28.0 Å². The first kappa shape index (κ1) is 11.9. The number of ketones is 1. The smallest absolute Gasteiger partial charge is 0.186 e. The summed E-state index contributed by atoms with van der Waals surface area (Å²) >= 11 is 0. The van der Waals surface area contributed by atoms with Gasteiger partial charge in [0.15, 0.2) is 5.78 Å². The summed E-state index contributed by atoms with van der Waals surface area (Å²) < 4.78 is 0. The topological polar surface area (TPSA) is 37.3 Å². The van der Waals surface area contributed by atoms with E-state index < -0.39 is 0 Å². The van der Waals surface area contributed by atoms with Crippen molar-refractivity contribution in [1.82, 2.24) is 0 Å². The Hall–Kier alpha value is -2.87. The van der Waals surface area contributed by atoms with Crippen molar-refractivity contribution < 1.29 is 9.90 Å². The van der Waals surface area contributed by atoms with Crippen LogP contribution in [0, 0.1) is 0 Å². The second-order valence-electron chi connectivity index (χ2n) is 5.15. The number of aromatic hydroxyl groups is 1. The average Bonchev–Trinajstić information content (AvgIpc) is 2.52. The van der Waals surface area contributed by atoms with E-state index in [9.17, 15) is 9.90 Å². The van der Waals surface area contributed by atoms with Crippen LogP contribution in [0.3, 0.4) is 0 Å². The number of benzene rings is 3. The molecule has 3 aromatic carbocycles. The summed E-state index contributed by atoms with van der Waals surface area (Å²) in [7, 11) is 0. The van der Waals surface area contributed by atoms with Crippen LogP contribution < -0.4 is 0 Å². The number of rotatable bonds is 1. The fourth-order valence-electron chi connectivity index (χ4n) is 2.97. The first-order chi connectivity index (χ1) is 10.3. The minimum atomic E-state index is 0.0301. The van der Waals surface area contributed by atoms with Crippen molar-refractivity contribution >= 4 is 22.6 Å². The van der Waals surface area contributed by atoms with E-state index in [4.69, 9.17) is 0 Å². The molecule has 1 aliphatic rings. The van der Waals surface area contributed by atoms with Crippen LogP contribution in [-0.4, -0.2) is 10.9 Å². The summed E-state index contributed by atoms with van der Waals surface area (Å²) in [6.45, 7) is 0. The second-order valence-corrected chi connectivity index (χ2v) is 5.15. The zero-order valence-corrected chi connectivity index (χ0v) is 11.2. The Morgan fingerprint density at radius 1 is 0.714 bits per heavy atom. The Bertz CT molecular complexity index is 920. The summed E-state index contributed by atoms with van der Waals surface area (Å²) in [6, 6.07) is 17.0. The van der Waals surface area contributed by atoms with Crippen LogP contribution in [-0.2, 0) is 0 Å². The third-order valence-electron chi connectivity index (χ3n) is 3.95. The van der Waals surface area contributed by atoms with E-state index in [1.165, 1.54) is 0 Å². The van der Waals surface area contributed by atoms with Crippen LogP contribution in [0.5, 0.6) is 5.75 Å². The highest BCUT2D eigenvalue weighted by Gasteiger charge is 2.17. The lowest BCUT2D eigenvalue weighted by molar-refractivity contribution is 0.104. The van der Waals surface area contributed by atoms with Gasteiger partial charge in [0.05, 0.1) is 0 Å². The molecule has 3 aromatic rings. The van der Waals surface area contributed by atoms with Crippen LogP contribution in [0.2, 0.25) is 0 Å². The molecule has 1 N–H and O–H groups in total. The molecule has 1 aliphatic carbocycles. The van der Waals surface area contributed by atoms with Crippen molar-refractivity contribution in [1.29, 1.82) is 0 Å². The lowest BCUT2D eigenvalue weighted by Gasteiger charge is -2.15. The van der Waals surface area contributed by atoms with E-state index in [1.54, 1.807) is 18.2 Å². The number of phenolic OH excluding ortho intramolecular Hbond substituents is 1. The zero-order valence-electron chi connectivity index (χ0n) is 11.2. The predicted molar refractivity (Wildman–Crippen MR) is 84.4 cm³/mol. The van der Waals surface area contributed by atoms with Gasteiger partial charge < -0.3 is 5.11 Å². The second kappa shape index (κ2) is 4.32. The van der Waals surface area contributed by atoms with Crippen molar-refractivity contribution in [2.45, 2.75) is 0 Å². The number of allylic oxidation sites excluding steroid dienone is 1. The molecule has 2 heteroatoms. The van der Waals surface area contributed by atoms with Gasteiger partial charge in [-0.2, -0.15) is 0 Å². The molecule has 0 atom stereocenters. The summed E-state index contributed by atoms with van der Waals surface area (Å²) in [5.41, 5.74) is 3.49. The Balaban J connectivity index is 2.13. The predicted octanol–water partition coefficient (Wildman–Crippen LogP) is 4.42. The van der Waals surface area contributed by atoms with Crippen molar-refractivity contribution in [2.24, 2.45) is 0 Å². The maximum atomic E-state index is 12.1. The maximum absolute atomic E-state index is 12.1. The van der Waals surface area contributed by atoms with Gasteiger partial charge in [0.2, 0.25) is 0 Å². The quantitative estimate of drug-likeness (QED) is 0.712. The molecule has 21 heavy (non-hydrogen) atoms. The van der Waals surface area contributed by atoms with Gasteiger partial charge in [-0.1, -0.05) is 54.6 Å². The Labute approximate surface area is 122 Å². The first-order valence-corrected chi connectivity index (χ1v) is 6.82. The lowest BCUT2D eigenvalue weighted by Crippen LogP contribution is -2.01. The van der Waals surface area contributed by atoms with Gasteiger partial charge in [-0.15, -0.1) is 0 Å². The third-order valence-corrected chi connectivity index (χ3v) is 3.95. The van der Waals surface area contributed by atoms with E-state index in [0.29, 0.717) is 0 Å². The minimum Gasteiger partial charge on any atom is -0.507 e. The van der Waals surface area contributed by atoms with Crippen LogP contribution in [0.15, 0.2) is 60.7 Å². The maximum Gasteiger partial charge on any atom is 0.186 e. The molecule has 0 saturated carbocycles. The van der Waals surface area contributed by atoms with E-state index >= 15 is 0 Å². The van der Waals surface area contributed by atoms with E-state index in [-0.39, 0.29) is 11.5 Å². The van der Waals surface area contributed by atoms with Gasteiger partial charge in [-0.25, -0.2) is 0 Å². The summed E-state index contributed by atoms with van der Waals surface area (Å²) in [5.74, 6) is 0.276. The molecule has 0 aromatic heterocycles. The first-order valence-electron chi connectivity index (χ1n) is 6.82. The van der Waals surface area contributed by atoms with Gasteiger partial charge in [0.25, 0.3) is 0 Å². The molecule has 2 nitrogen and oxygen atoms in total. The SMILES string of the molecule is O=C1C=Cc2ccc(-c3ccccc3O)c3cccc1c23. The van der Waals surface area contributed by atoms with E-state index in [2.05, 4.69) is 0 Å². The molecular weight excluding hydrogens is 260 g/mol. The molecule has 0 unspecified atom stereocenters. The van der Waals surface area contributed by atoms with Crippen molar-refractivity contribution in [3.8, 4) is 16.9 Å². The largest absolute Gasteiger partial charge is 0.507 e. The highest BCUT2D eigenvalue weighted by atomic mass is 16.3. The van der Waals surface area contributed by atoms with Gasteiger partial charge in [0.1, 0.15) is 5.75 Å². The number of phenols is 1. The van der Waals surface area contributed by atoms with Gasteiger partial charge in [-0.3, -0.25) is 4.79 Å². The zero-order chi connectivity index (χ0) is 14.4. The minimum absolute atomic E-state index is 0.0301.